The maximum absolute atomic E-state index is 13.1. The Morgan fingerprint density at radius 3 is 0.776 bits per heavy atom. The molecule has 0 saturated carbocycles. The zero-order chi connectivity index (χ0) is 72.3. The Bertz CT molecular complexity index is 1910. The standard InChI is InChI=1S/C79H154O17P2/c1-8-10-11-12-13-14-32-39-46-53-60-76(81)89-66-74(96-79(84)63-56-49-42-35-28-27-30-37-44-51-58-71(5)6)68-93-97(85,86)91-64-73(80)65-92-98(87,88)94-69-75(67-90-77(82)61-54-47-40-33-25-21-17-15-19-23-29-36-43-50-57-70(3)4)95-78(83)62-55-48-41-34-26-22-18-16-20-24-31-38-45-52-59-72(7)9-2/h70-75,80H,8-69H2,1-7H3,(H,85,86)(H,87,88)/t72?,73-,74+,75+/m0/s1. The number of carbonyl (C=O) groups excluding carboxylic acids is 4. The number of hydrogen-bond acceptors (Lipinski definition) is 15. The number of esters is 4. The summed E-state index contributed by atoms with van der Waals surface area (Å²) in [5, 5.41) is 10.6. The highest BCUT2D eigenvalue weighted by Crippen LogP contribution is 2.45. The second kappa shape index (κ2) is 69.4. The van der Waals surface area contributed by atoms with Gasteiger partial charge in [0.25, 0.3) is 0 Å². The van der Waals surface area contributed by atoms with Crippen LogP contribution in [0.5, 0.6) is 0 Å². The molecular formula is C79H154O17P2. The Labute approximate surface area is 600 Å². The molecule has 0 aromatic rings. The van der Waals surface area contributed by atoms with E-state index in [1.54, 1.807) is 0 Å². The van der Waals surface area contributed by atoms with Crippen molar-refractivity contribution in [3.8, 4) is 0 Å². The van der Waals surface area contributed by atoms with Crippen LogP contribution >= 0.6 is 15.6 Å². The topological polar surface area (TPSA) is 237 Å². The normalized spacial score (nSPS) is 14.3. The number of unbranched alkanes of at least 4 members (excludes halogenated alkanes) is 44. The summed E-state index contributed by atoms with van der Waals surface area (Å²) in [4.78, 5) is 72.9. The molecule has 0 spiro atoms. The fourth-order valence-electron chi connectivity index (χ4n) is 12.1. The van der Waals surface area contributed by atoms with Gasteiger partial charge in [0.05, 0.1) is 26.4 Å². The molecule has 0 radical (unpaired) electrons. The second-order valence-electron chi connectivity index (χ2n) is 29.6. The zero-order valence-corrected chi connectivity index (χ0v) is 66.0. The predicted molar refractivity (Wildman–Crippen MR) is 400 cm³/mol. The third-order valence-electron chi connectivity index (χ3n) is 18.7. The lowest BCUT2D eigenvalue weighted by molar-refractivity contribution is -0.161. The Hall–Kier alpha value is -1.94. The summed E-state index contributed by atoms with van der Waals surface area (Å²) < 4.78 is 68.6. The quantitative estimate of drug-likeness (QED) is 0.0222. The van der Waals surface area contributed by atoms with Crippen LogP contribution in [0.3, 0.4) is 0 Å². The van der Waals surface area contributed by atoms with Crippen molar-refractivity contribution >= 4 is 39.5 Å². The van der Waals surface area contributed by atoms with Gasteiger partial charge in [-0.3, -0.25) is 37.3 Å². The average molecular weight is 1440 g/mol. The molecule has 0 aromatic heterocycles. The number of phosphoric ester groups is 2. The summed E-state index contributed by atoms with van der Waals surface area (Å²) in [6.45, 7) is 12.0. The van der Waals surface area contributed by atoms with E-state index in [0.717, 1.165) is 108 Å². The molecule has 0 fully saturated rings. The van der Waals surface area contributed by atoms with Gasteiger partial charge in [-0.15, -0.1) is 0 Å². The highest BCUT2D eigenvalue weighted by molar-refractivity contribution is 7.47. The molecule has 19 heteroatoms. The van der Waals surface area contributed by atoms with Gasteiger partial charge in [0, 0.05) is 25.7 Å². The predicted octanol–water partition coefficient (Wildman–Crippen LogP) is 23.4. The van der Waals surface area contributed by atoms with Crippen LogP contribution in [0.25, 0.3) is 0 Å². The Balaban J connectivity index is 5.25. The van der Waals surface area contributed by atoms with Crippen LogP contribution in [-0.4, -0.2) is 96.7 Å². The molecule has 0 bridgehead atoms. The zero-order valence-electron chi connectivity index (χ0n) is 64.3. The van der Waals surface area contributed by atoms with Gasteiger partial charge in [-0.1, -0.05) is 357 Å². The van der Waals surface area contributed by atoms with Crippen molar-refractivity contribution in [3.63, 3.8) is 0 Å². The van der Waals surface area contributed by atoms with E-state index in [4.69, 9.17) is 37.0 Å². The van der Waals surface area contributed by atoms with E-state index in [1.807, 2.05) is 0 Å². The van der Waals surface area contributed by atoms with E-state index in [9.17, 15) is 43.2 Å². The van der Waals surface area contributed by atoms with Crippen LogP contribution in [0, 0.1) is 17.8 Å². The Kier molecular flexibility index (Phi) is 68.1. The second-order valence-corrected chi connectivity index (χ2v) is 32.6. The number of aliphatic hydroxyl groups is 1. The number of rotatable bonds is 77. The minimum Gasteiger partial charge on any atom is -0.462 e. The molecule has 0 amide bonds. The van der Waals surface area contributed by atoms with E-state index in [2.05, 4.69) is 48.5 Å². The first-order valence-corrected chi connectivity index (χ1v) is 43.9. The number of hydrogen-bond donors (Lipinski definition) is 3. The van der Waals surface area contributed by atoms with Gasteiger partial charge >= 0.3 is 39.5 Å². The van der Waals surface area contributed by atoms with Gasteiger partial charge in [-0.05, 0) is 43.4 Å². The number of aliphatic hydroxyl groups excluding tert-OH is 1. The van der Waals surface area contributed by atoms with Crippen LogP contribution < -0.4 is 0 Å². The van der Waals surface area contributed by atoms with Crippen LogP contribution in [0.4, 0.5) is 0 Å². The molecule has 17 nitrogen and oxygen atoms in total. The highest BCUT2D eigenvalue weighted by atomic mass is 31.2. The fraction of sp³-hybridized carbons (Fsp3) is 0.949. The Morgan fingerprint density at radius 2 is 0.520 bits per heavy atom. The summed E-state index contributed by atoms with van der Waals surface area (Å²) in [6.07, 6.45) is 56.7. The summed E-state index contributed by atoms with van der Waals surface area (Å²) in [5.41, 5.74) is 0. The molecule has 6 atom stereocenters. The minimum absolute atomic E-state index is 0.106. The smallest absolute Gasteiger partial charge is 0.462 e. The molecule has 98 heavy (non-hydrogen) atoms. The van der Waals surface area contributed by atoms with Crippen LogP contribution in [0.1, 0.15) is 408 Å². The number of ether oxygens (including phenoxy) is 4. The molecule has 3 N–H and O–H groups in total. The molecule has 3 unspecified atom stereocenters. The lowest BCUT2D eigenvalue weighted by Gasteiger charge is -2.21. The van der Waals surface area contributed by atoms with Crippen molar-refractivity contribution < 1.29 is 80.2 Å². The van der Waals surface area contributed by atoms with Crippen LogP contribution in [0.15, 0.2) is 0 Å². The molecule has 582 valence electrons. The Morgan fingerprint density at radius 1 is 0.296 bits per heavy atom. The van der Waals surface area contributed by atoms with Gasteiger partial charge in [-0.25, -0.2) is 9.13 Å². The van der Waals surface area contributed by atoms with Crippen molar-refractivity contribution in [2.45, 2.75) is 426 Å². The largest absolute Gasteiger partial charge is 0.472 e. The van der Waals surface area contributed by atoms with Crippen molar-refractivity contribution in [1.29, 1.82) is 0 Å². The molecule has 0 saturated heterocycles. The van der Waals surface area contributed by atoms with E-state index in [0.29, 0.717) is 25.7 Å². The van der Waals surface area contributed by atoms with Gasteiger partial charge < -0.3 is 33.8 Å². The lowest BCUT2D eigenvalue weighted by atomic mass is 9.99. The average Bonchev–Trinajstić information content (AvgIpc) is 1.04. The molecule has 0 rings (SSSR count). The molecule has 0 heterocycles. The van der Waals surface area contributed by atoms with E-state index >= 15 is 0 Å². The number of carbonyl (C=O) groups is 4. The SMILES string of the molecule is CCCCCCCCCCCCC(=O)OC[C@H](COP(=O)(O)OC[C@H](O)COP(=O)(O)OC[C@@H](COC(=O)CCCCCCCCCCCCCCCCC(C)C)OC(=O)CCCCCCCCCCCCCCCCC(C)CC)OC(=O)CCCCCCCCCCCCC(C)C. The number of phosphoric acid groups is 2. The molecule has 0 aliphatic heterocycles. The monoisotopic (exact) mass is 1440 g/mol. The van der Waals surface area contributed by atoms with E-state index in [-0.39, 0.29) is 25.7 Å². The van der Waals surface area contributed by atoms with Crippen LogP contribution in [-0.2, 0) is 65.4 Å². The van der Waals surface area contributed by atoms with Gasteiger partial charge in [0.15, 0.2) is 12.2 Å². The first-order valence-electron chi connectivity index (χ1n) is 40.9. The lowest BCUT2D eigenvalue weighted by Crippen LogP contribution is -2.30. The summed E-state index contributed by atoms with van der Waals surface area (Å²) in [7, 11) is -9.92. The van der Waals surface area contributed by atoms with Gasteiger partial charge in [-0.2, -0.15) is 0 Å². The van der Waals surface area contributed by atoms with E-state index < -0.39 is 97.5 Å². The molecule has 0 aliphatic carbocycles. The summed E-state index contributed by atoms with van der Waals surface area (Å²) >= 11 is 0. The van der Waals surface area contributed by atoms with Crippen molar-refractivity contribution in [3.05, 3.63) is 0 Å². The summed E-state index contributed by atoms with van der Waals surface area (Å²) in [5.74, 6) is 0.284. The maximum Gasteiger partial charge on any atom is 0.472 e. The fourth-order valence-corrected chi connectivity index (χ4v) is 13.7. The maximum atomic E-state index is 13.1. The highest BCUT2D eigenvalue weighted by Gasteiger charge is 2.30. The molecule has 0 aliphatic rings. The van der Waals surface area contributed by atoms with Crippen molar-refractivity contribution in [2.24, 2.45) is 17.8 Å². The first-order chi connectivity index (χ1) is 47.3. The molecular weight excluding hydrogens is 1280 g/mol. The third-order valence-corrected chi connectivity index (χ3v) is 20.6. The summed E-state index contributed by atoms with van der Waals surface area (Å²) in [6, 6.07) is 0. The van der Waals surface area contributed by atoms with E-state index in [1.165, 1.54) is 218 Å². The molecule has 0 aromatic carbocycles. The van der Waals surface area contributed by atoms with Gasteiger partial charge in [0.1, 0.15) is 19.3 Å². The van der Waals surface area contributed by atoms with Crippen molar-refractivity contribution in [2.75, 3.05) is 39.6 Å². The minimum atomic E-state index is -4.96. The first kappa shape index (κ1) is 96.1. The van der Waals surface area contributed by atoms with Crippen LogP contribution in [0.2, 0.25) is 0 Å². The van der Waals surface area contributed by atoms with Crippen molar-refractivity contribution in [1.82, 2.24) is 0 Å². The third kappa shape index (κ3) is 71.1. The van der Waals surface area contributed by atoms with Gasteiger partial charge in [0.2, 0.25) is 0 Å².